The molecule has 0 bridgehead atoms. The largest absolute Gasteiger partial charge is 0.574 e. The van der Waals surface area contributed by atoms with Crippen molar-refractivity contribution in [2.75, 3.05) is 6.61 Å². The molecular weight excluding hydrogens is 303 g/mol. The predicted molar refractivity (Wildman–Crippen MR) is 59.7 cm³/mol. The van der Waals surface area contributed by atoms with E-state index in [0.29, 0.717) is 0 Å². The fourth-order valence-electron chi connectivity index (χ4n) is 1.46. The van der Waals surface area contributed by atoms with Crippen LogP contribution in [0, 0.1) is 0 Å². The smallest absolute Gasteiger partial charge is 0.462 e. The van der Waals surface area contributed by atoms with Crippen molar-refractivity contribution in [1.29, 1.82) is 0 Å². The zero-order valence-electron chi connectivity index (χ0n) is 10.7. The molecule has 1 heterocycles. The summed E-state index contributed by atoms with van der Waals surface area (Å²) in [6.45, 7) is 0.745. The summed E-state index contributed by atoms with van der Waals surface area (Å²) < 4.78 is 70.8. The fraction of sp³-hybridized carbons (Fsp3) is 0.455. The molecule has 0 aliphatic heterocycles. The van der Waals surface area contributed by atoms with Crippen molar-refractivity contribution in [2.45, 2.75) is 26.3 Å². The standard InChI is InChI=1S/C11H11F5N2O3/c1-2-20-10(19)7-6(8(12)13)3-5(4-17)18-9(7)21-11(14,15)16/h3,8H,2,4,17H2,1H3. The van der Waals surface area contributed by atoms with Crippen molar-refractivity contribution < 1.29 is 36.2 Å². The average Bonchev–Trinajstić information content (AvgIpc) is 2.35. The number of carbonyl (C=O) groups is 1. The van der Waals surface area contributed by atoms with E-state index in [-0.39, 0.29) is 12.3 Å². The van der Waals surface area contributed by atoms with E-state index in [9.17, 15) is 26.7 Å². The molecule has 0 aliphatic rings. The van der Waals surface area contributed by atoms with Crippen LogP contribution in [0.4, 0.5) is 22.0 Å². The summed E-state index contributed by atoms with van der Waals surface area (Å²) in [5, 5.41) is 0. The second-order valence-electron chi connectivity index (χ2n) is 3.66. The number of nitrogens with zero attached hydrogens (tertiary/aromatic N) is 1. The summed E-state index contributed by atoms with van der Waals surface area (Å²) in [6, 6.07) is 0.736. The van der Waals surface area contributed by atoms with E-state index in [0.717, 1.165) is 6.07 Å². The maximum Gasteiger partial charge on any atom is 0.574 e. The van der Waals surface area contributed by atoms with Crippen LogP contribution in [0.5, 0.6) is 5.88 Å². The van der Waals surface area contributed by atoms with Crippen LogP contribution >= 0.6 is 0 Å². The molecule has 5 nitrogen and oxygen atoms in total. The van der Waals surface area contributed by atoms with Gasteiger partial charge in [0.15, 0.2) is 0 Å². The Balaban J connectivity index is 3.48. The molecule has 2 N–H and O–H groups in total. The molecule has 10 heteroatoms. The van der Waals surface area contributed by atoms with Crippen molar-refractivity contribution >= 4 is 5.97 Å². The lowest BCUT2D eigenvalue weighted by atomic mass is 10.1. The first kappa shape index (κ1) is 17.1. The summed E-state index contributed by atoms with van der Waals surface area (Å²) in [4.78, 5) is 14.9. The normalized spacial score (nSPS) is 11.6. The van der Waals surface area contributed by atoms with E-state index in [1.807, 2.05) is 0 Å². The Morgan fingerprint density at radius 1 is 1.43 bits per heavy atom. The Kier molecular flexibility index (Phi) is 5.41. The summed E-state index contributed by atoms with van der Waals surface area (Å²) in [5.74, 6) is -2.69. The number of rotatable bonds is 5. The highest BCUT2D eigenvalue weighted by Gasteiger charge is 2.36. The summed E-state index contributed by atoms with van der Waals surface area (Å²) >= 11 is 0. The predicted octanol–water partition coefficient (Wildman–Crippen LogP) is 2.55. The molecule has 0 saturated heterocycles. The number of halogens is 5. The molecule has 0 radical (unpaired) electrons. The Bertz CT molecular complexity index is 519. The molecule has 0 spiro atoms. The first-order chi connectivity index (χ1) is 9.69. The van der Waals surface area contributed by atoms with Gasteiger partial charge in [0, 0.05) is 12.1 Å². The van der Waals surface area contributed by atoms with Crippen LogP contribution in [0.1, 0.15) is 35.0 Å². The van der Waals surface area contributed by atoms with Crippen molar-refractivity contribution in [2.24, 2.45) is 5.73 Å². The molecule has 118 valence electrons. The van der Waals surface area contributed by atoms with E-state index in [1.165, 1.54) is 6.92 Å². The molecule has 0 fully saturated rings. The molecule has 1 aromatic heterocycles. The molecule has 21 heavy (non-hydrogen) atoms. The summed E-state index contributed by atoms with van der Waals surface area (Å²) in [6.07, 6.45) is -8.44. The van der Waals surface area contributed by atoms with Gasteiger partial charge in [-0.1, -0.05) is 0 Å². The number of ether oxygens (including phenoxy) is 2. The Morgan fingerprint density at radius 3 is 2.48 bits per heavy atom. The molecule has 0 atom stereocenters. The monoisotopic (exact) mass is 314 g/mol. The number of nitrogens with two attached hydrogens (primary N) is 1. The topological polar surface area (TPSA) is 74.4 Å². The number of carbonyl (C=O) groups excluding carboxylic acids is 1. The van der Waals surface area contributed by atoms with E-state index in [4.69, 9.17) is 5.73 Å². The van der Waals surface area contributed by atoms with Crippen molar-refractivity contribution in [1.82, 2.24) is 4.98 Å². The van der Waals surface area contributed by atoms with Gasteiger partial charge < -0.3 is 15.2 Å². The van der Waals surface area contributed by atoms with Crippen LogP contribution in [-0.2, 0) is 11.3 Å². The molecule has 1 rings (SSSR count). The molecule has 0 saturated carbocycles. The highest BCUT2D eigenvalue weighted by molar-refractivity contribution is 5.93. The summed E-state index contributed by atoms with van der Waals surface area (Å²) in [5.41, 5.74) is 2.84. The maximum atomic E-state index is 12.9. The van der Waals surface area contributed by atoms with Crippen LogP contribution in [0.3, 0.4) is 0 Å². The van der Waals surface area contributed by atoms with Gasteiger partial charge in [-0.3, -0.25) is 0 Å². The number of pyridine rings is 1. The van der Waals surface area contributed by atoms with Gasteiger partial charge in [0.2, 0.25) is 5.88 Å². The van der Waals surface area contributed by atoms with Gasteiger partial charge in [-0.15, -0.1) is 13.2 Å². The minimum Gasteiger partial charge on any atom is -0.462 e. The molecular formula is C11H11F5N2O3. The van der Waals surface area contributed by atoms with Gasteiger partial charge in [-0.2, -0.15) is 0 Å². The summed E-state index contributed by atoms with van der Waals surface area (Å²) in [7, 11) is 0. The van der Waals surface area contributed by atoms with E-state index in [1.54, 1.807) is 0 Å². The molecule has 0 amide bonds. The molecule has 0 unspecified atom stereocenters. The van der Waals surface area contributed by atoms with Gasteiger partial charge in [-0.05, 0) is 13.0 Å². The number of esters is 1. The second kappa shape index (κ2) is 6.66. The minimum absolute atomic E-state index is 0.217. The highest BCUT2D eigenvalue weighted by atomic mass is 19.4. The Morgan fingerprint density at radius 2 is 2.05 bits per heavy atom. The van der Waals surface area contributed by atoms with Crippen LogP contribution in [0.2, 0.25) is 0 Å². The average molecular weight is 314 g/mol. The quantitative estimate of drug-likeness (QED) is 0.668. The Labute approximate surface area is 115 Å². The lowest BCUT2D eigenvalue weighted by molar-refractivity contribution is -0.276. The van der Waals surface area contributed by atoms with Crippen molar-refractivity contribution in [3.8, 4) is 5.88 Å². The van der Waals surface area contributed by atoms with Gasteiger partial charge >= 0.3 is 12.3 Å². The number of hydrogen-bond donors (Lipinski definition) is 1. The third kappa shape index (κ3) is 4.52. The second-order valence-corrected chi connectivity index (χ2v) is 3.66. The van der Waals surface area contributed by atoms with Gasteiger partial charge in [0.05, 0.1) is 12.3 Å². The van der Waals surface area contributed by atoms with E-state index in [2.05, 4.69) is 14.5 Å². The van der Waals surface area contributed by atoms with Crippen LogP contribution in [-0.4, -0.2) is 23.9 Å². The van der Waals surface area contributed by atoms with Crippen molar-refractivity contribution in [3.05, 3.63) is 22.9 Å². The fourth-order valence-corrected chi connectivity index (χ4v) is 1.46. The number of hydrogen-bond acceptors (Lipinski definition) is 5. The third-order valence-electron chi connectivity index (χ3n) is 2.21. The molecule has 0 aromatic carbocycles. The zero-order chi connectivity index (χ0) is 16.2. The van der Waals surface area contributed by atoms with E-state index < -0.39 is 42.3 Å². The lowest BCUT2D eigenvalue weighted by Crippen LogP contribution is -2.22. The van der Waals surface area contributed by atoms with Gasteiger partial charge in [0.1, 0.15) is 5.56 Å². The van der Waals surface area contributed by atoms with Crippen LogP contribution < -0.4 is 10.5 Å². The highest BCUT2D eigenvalue weighted by Crippen LogP contribution is 2.33. The maximum absolute atomic E-state index is 12.9. The third-order valence-corrected chi connectivity index (χ3v) is 2.21. The first-order valence-electron chi connectivity index (χ1n) is 5.64. The first-order valence-corrected chi connectivity index (χ1v) is 5.64. The van der Waals surface area contributed by atoms with Crippen LogP contribution in [0.15, 0.2) is 6.07 Å². The molecule has 1 aromatic rings. The zero-order valence-corrected chi connectivity index (χ0v) is 10.7. The van der Waals surface area contributed by atoms with Crippen LogP contribution in [0.25, 0.3) is 0 Å². The van der Waals surface area contributed by atoms with Gasteiger partial charge in [0.25, 0.3) is 6.43 Å². The Hall–Kier alpha value is -1.97. The van der Waals surface area contributed by atoms with Crippen molar-refractivity contribution in [3.63, 3.8) is 0 Å². The van der Waals surface area contributed by atoms with Gasteiger partial charge in [-0.25, -0.2) is 18.6 Å². The lowest BCUT2D eigenvalue weighted by Gasteiger charge is -2.16. The number of alkyl halides is 5. The SMILES string of the molecule is CCOC(=O)c1c(C(F)F)cc(CN)nc1OC(F)(F)F. The molecule has 0 aliphatic carbocycles. The van der Waals surface area contributed by atoms with E-state index >= 15 is 0 Å². The number of aromatic nitrogens is 1. The minimum atomic E-state index is -5.21.